The van der Waals surface area contributed by atoms with Crippen molar-refractivity contribution in [3.63, 3.8) is 0 Å². The maximum atomic E-state index is 13.0. The Bertz CT molecular complexity index is 844. The molecule has 25 heavy (non-hydrogen) atoms. The van der Waals surface area contributed by atoms with Gasteiger partial charge in [0.2, 0.25) is 5.95 Å². The summed E-state index contributed by atoms with van der Waals surface area (Å²) in [6.45, 7) is 0. The number of halogens is 3. The Morgan fingerprint density at radius 2 is 1.80 bits per heavy atom. The van der Waals surface area contributed by atoms with Crippen molar-refractivity contribution in [1.29, 1.82) is 0 Å². The number of nitrogens with two attached hydrogens (primary N) is 2. The lowest BCUT2D eigenvalue weighted by Gasteiger charge is -2.11. The van der Waals surface area contributed by atoms with Crippen LogP contribution in [0.3, 0.4) is 0 Å². The van der Waals surface area contributed by atoms with E-state index in [0.717, 1.165) is 37.8 Å². The third-order valence-electron chi connectivity index (χ3n) is 4.17. The van der Waals surface area contributed by atoms with Crippen LogP contribution in [-0.4, -0.2) is 9.97 Å². The number of nitrogens with zero attached hydrogens (tertiary/aromatic N) is 2. The highest BCUT2D eigenvalue weighted by Gasteiger charge is 2.30. The number of nitrogen functional groups attached to an aromatic ring is 2. The smallest absolute Gasteiger partial charge is 0.382 e. The number of aromatic nitrogens is 2. The van der Waals surface area contributed by atoms with E-state index in [4.69, 9.17) is 11.5 Å². The van der Waals surface area contributed by atoms with E-state index in [-0.39, 0.29) is 28.9 Å². The molecule has 1 aromatic heterocycles. The first-order valence-electron chi connectivity index (χ1n) is 7.97. The van der Waals surface area contributed by atoms with Gasteiger partial charge in [-0.25, -0.2) is 4.98 Å². The molecule has 0 saturated heterocycles. The van der Waals surface area contributed by atoms with Crippen molar-refractivity contribution in [3.8, 4) is 23.1 Å². The van der Waals surface area contributed by atoms with Gasteiger partial charge in [0.05, 0.1) is 16.8 Å². The van der Waals surface area contributed by atoms with Crippen LogP contribution in [0.1, 0.15) is 36.8 Å². The quantitative estimate of drug-likeness (QED) is 0.769. The second-order valence-electron chi connectivity index (χ2n) is 6.02. The van der Waals surface area contributed by atoms with E-state index < -0.39 is 11.7 Å². The van der Waals surface area contributed by atoms with Crippen LogP contribution < -0.4 is 11.5 Å². The second-order valence-corrected chi connectivity index (χ2v) is 6.02. The van der Waals surface area contributed by atoms with Gasteiger partial charge in [0.25, 0.3) is 0 Å². The van der Waals surface area contributed by atoms with Gasteiger partial charge in [-0.3, -0.25) is 0 Å². The SMILES string of the molecule is Nc1nc(N)c(C#CC2CCCC2)c(-c2cccc(C(F)(F)F)c2)n1. The number of rotatable bonds is 1. The van der Waals surface area contributed by atoms with Crippen LogP contribution in [-0.2, 0) is 6.18 Å². The zero-order valence-corrected chi connectivity index (χ0v) is 13.4. The van der Waals surface area contributed by atoms with Crippen molar-refractivity contribution in [1.82, 2.24) is 9.97 Å². The van der Waals surface area contributed by atoms with Crippen molar-refractivity contribution in [3.05, 3.63) is 35.4 Å². The van der Waals surface area contributed by atoms with Gasteiger partial charge in [-0.15, -0.1) is 0 Å². The topological polar surface area (TPSA) is 77.8 Å². The normalized spacial score (nSPS) is 15.0. The molecule has 0 atom stereocenters. The van der Waals surface area contributed by atoms with Gasteiger partial charge in [0.15, 0.2) is 0 Å². The van der Waals surface area contributed by atoms with Crippen LogP contribution in [0.5, 0.6) is 0 Å². The summed E-state index contributed by atoms with van der Waals surface area (Å²) in [5.41, 5.74) is 11.6. The number of benzene rings is 1. The summed E-state index contributed by atoms with van der Waals surface area (Å²) in [6, 6.07) is 4.86. The fourth-order valence-corrected chi connectivity index (χ4v) is 2.92. The van der Waals surface area contributed by atoms with Crippen molar-refractivity contribution >= 4 is 11.8 Å². The molecule has 0 unspecified atom stereocenters. The summed E-state index contributed by atoms with van der Waals surface area (Å²) < 4.78 is 39.0. The van der Waals surface area contributed by atoms with Crippen LogP contribution in [0, 0.1) is 17.8 Å². The predicted molar refractivity (Wildman–Crippen MR) is 90.1 cm³/mol. The summed E-state index contributed by atoms with van der Waals surface area (Å²) in [4.78, 5) is 7.99. The van der Waals surface area contributed by atoms with E-state index in [9.17, 15) is 13.2 Å². The van der Waals surface area contributed by atoms with Gasteiger partial charge >= 0.3 is 6.18 Å². The molecular weight excluding hydrogens is 329 g/mol. The molecule has 3 rings (SSSR count). The minimum atomic E-state index is -4.45. The molecule has 0 bridgehead atoms. The average molecular weight is 346 g/mol. The average Bonchev–Trinajstić information content (AvgIpc) is 3.06. The zero-order valence-electron chi connectivity index (χ0n) is 13.4. The van der Waals surface area contributed by atoms with Crippen molar-refractivity contribution in [2.45, 2.75) is 31.9 Å². The Morgan fingerprint density at radius 3 is 2.48 bits per heavy atom. The van der Waals surface area contributed by atoms with E-state index in [1.54, 1.807) is 0 Å². The third-order valence-corrected chi connectivity index (χ3v) is 4.17. The van der Waals surface area contributed by atoms with Gasteiger partial charge in [-0.1, -0.05) is 36.8 Å². The molecule has 0 aliphatic heterocycles. The minimum Gasteiger partial charge on any atom is -0.382 e. The van der Waals surface area contributed by atoms with Crippen molar-refractivity contribution < 1.29 is 13.2 Å². The lowest BCUT2D eigenvalue weighted by molar-refractivity contribution is -0.137. The highest BCUT2D eigenvalue weighted by molar-refractivity contribution is 5.74. The van der Waals surface area contributed by atoms with Crippen LogP contribution >= 0.6 is 0 Å². The van der Waals surface area contributed by atoms with E-state index in [0.29, 0.717) is 5.56 Å². The van der Waals surface area contributed by atoms with Gasteiger partial charge in [-0.2, -0.15) is 18.2 Å². The first-order valence-corrected chi connectivity index (χ1v) is 7.97. The van der Waals surface area contributed by atoms with Gasteiger partial charge in [-0.05, 0) is 25.0 Å². The first kappa shape index (κ1) is 17.1. The summed E-state index contributed by atoms with van der Waals surface area (Å²) in [6.07, 6.45) is -0.153. The lowest BCUT2D eigenvalue weighted by Crippen LogP contribution is -2.07. The van der Waals surface area contributed by atoms with Gasteiger partial charge in [0, 0.05) is 11.5 Å². The fourth-order valence-electron chi connectivity index (χ4n) is 2.92. The molecule has 1 heterocycles. The van der Waals surface area contributed by atoms with Crippen LogP contribution in [0.15, 0.2) is 24.3 Å². The molecule has 1 aliphatic carbocycles. The molecule has 4 N–H and O–H groups in total. The molecule has 2 aromatic rings. The van der Waals surface area contributed by atoms with Gasteiger partial charge < -0.3 is 11.5 Å². The highest BCUT2D eigenvalue weighted by Crippen LogP contribution is 2.33. The van der Waals surface area contributed by atoms with E-state index in [1.807, 2.05) is 0 Å². The minimum absolute atomic E-state index is 0.0745. The van der Waals surface area contributed by atoms with E-state index in [2.05, 4.69) is 21.8 Å². The summed E-state index contributed by atoms with van der Waals surface area (Å²) in [5, 5.41) is 0. The molecule has 130 valence electrons. The molecule has 1 aliphatic rings. The van der Waals surface area contributed by atoms with Crippen LogP contribution in [0.25, 0.3) is 11.3 Å². The summed E-state index contributed by atoms with van der Waals surface area (Å²) in [7, 11) is 0. The Hall–Kier alpha value is -2.75. The Morgan fingerprint density at radius 1 is 1.08 bits per heavy atom. The zero-order chi connectivity index (χ0) is 18.0. The fraction of sp³-hybridized carbons (Fsp3) is 0.333. The Labute approximate surface area is 143 Å². The molecule has 1 fully saturated rings. The van der Waals surface area contributed by atoms with Crippen molar-refractivity contribution in [2.75, 3.05) is 11.5 Å². The van der Waals surface area contributed by atoms with Crippen LogP contribution in [0.2, 0.25) is 0 Å². The highest BCUT2D eigenvalue weighted by atomic mass is 19.4. The van der Waals surface area contributed by atoms with Gasteiger partial charge in [0.1, 0.15) is 5.82 Å². The predicted octanol–water partition coefficient (Wildman–Crippen LogP) is 3.87. The summed E-state index contributed by atoms with van der Waals surface area (Å²) >= 11 is 0. The number of hydrogen-bond acceptors (Lipinski definition) is 4. The Kier molecular flexibility index (Phi) is 4.53. The summed E-state index contributed by atoms with van der Waals surface area (Å²) in [5.74, 6) is 6.35. The maximum Gasteiger partial charge on any atom is 0.416 e. The van der Waals surface area contributed by atoms with E-state index in [1.165, 1.54) is 12.1 Å². The van der Waals surface area contributed by atoms with Crippen molar-refractivity contribution in [2.24, 2.45) is 5.92 Å². The molecule has 0 radical (unpaired) electrons. The molecular formula is C18H17F3N4. The third kappa shape index (κ3) is 3.85. The molecule has 0 spiro atoms. The lowest BCUT2D eigenvalue weighted by atomic mass is 10.0. The standard InChI is InChI=1S/C18H17F3N4/c19-18(20,21)13-7-3-6-12(10-13)15-14(16(22)25-17(23)24-15)9-8-11-4-1-2-5-11/h3,6-7,10-11H,1-2,4-5H2,(H4,22,23,24,25). The largest absolute Gasteiger partial charge is 0.416 e. The first-order chi connectivity index (χ1) is 11.8. The molecule has 1 saturated carbocycles. The molecule has 4 nitrogen and oxygen atoms in total. The Balaban J connectivity index is 2.09. The molecule has 0 amide bonds. The number of hydrogen-bond donors (Lipinski definition) is 2. The van der Waals surface area contributed by atoms with Crippen LogP contribution in [0.4, 0.5) is 24.9 Å². The molecule has 1 aromatic carbocycles. The second kappa shape index (κ2) is 6.63. The molecule has 7 heteroatoms. The maximum absolute atomic E-state index is 13.0. The monoisotopic (exact) mass is 346 g/mol. The van der Waals surface area contributed by atoms with E-state index >= 15 is 0 Å². The number of anilines is 2. The number of alkyl halides is 3.